The molecule has 100 valence electrons. The Labute approximate surface area is 106 Å². The van der Waals surface area contributed by atoms with Crippen LogP contribution in [0.3, 0.4) is 0 Å². The first-order valence-corrected chi connectivity index (χ1v) is 5.93. The Kier molecular flexibility index (Phi) is 5.58. The first-order chi connectivity index (χ1) is 8.47. The average molecular weight is 254 g/mol. The number of rotatable bonds is 6. The molecule has 0 aliphatic heterocycles. The van der Waals surface area contributed by atoms with Crippen LogP contribution in [0.25, 0.3) is 0 Å². The lowest BCUT2D eigenvalue weighted by Crippen LogP contribution is -2.35. The minimum Gasteiger partial charge on any atom is -0.508 e. The van der Waals surface area contributed by atoms with E-state index in [4.69, 9.17) is 0 Å². The first-order valence-electron chi connectivity index (χ1n) is 5.93. The molecule has 1 rings (SSSR count). The van der Waals surface area contributed by atoms with Crippen LogP contribution in [0.5, 0.6) is 5.75 Å². The van der Waals surface area contributed by atoms with E-state index in [0.29, 0.717) is 24.6 Å². The van der Waals surface area contributed by atoms with Gasteiger partial charge in [-0.25, -0.2) is 4.39 Å². The smallest absolute Gasteiger partial charge is 0.233 e. The van der Waals surface area contributed by atoms with Crippen molar-refractivity contribution in [2.24, 2.45) is 5.92 Å². The van der Waals surface area contributed by atoms with Crippen molar-refractivity contribution in [1.82, 2.24) is 10.6 Å². The van der Waals surface area contributed by atoms with Gasteiger partial charge in [0.15, 0.2) is 0 Å². The molecular formula is C13H19FN2O2. The minimum atomic E-state index is -0.490. The Morgan fingerprint density at radius 2 is 2.11 bits per heavy atom. The topological polar surface area (TPSA) is 61.4 Å². The lowest BCUT2D eigenvalue weighted by atomic mass is 10.2. The Morgan fingerprint density at radius 3 is 2.72 bits per heavy atom. The molecule has 0 heterocycles. The monoisotopic (exact) mass is 254 g/mol. The molecule has 0 saturated carbocycles. The van der Waals surface area contributed by atoms with Gasteiger partial charge in [-0.2, -0.15) is 0 Å². The molecule has 1 aromatic carbocycles. The fourth-order valence-corrected chi connectivity index (χ4v) is 1.44. The minimum absolute atomic E-state index is 0.0932. The number of benzene rings is 1. The maximum atomic E-state index is 13.0. The number of halogens is 1. The van der Waals surface area contributed by atoms with Gasteiger partial charge < -0.3 is 15.7 Å². The van der Waals surface area contributed by atoms with Crippen molar-refractivity contribution >= 4 is 5.91 Å². The van der Waals surface area contributed by atoms with E-state index in [0.717, 1.165) is 6.07 Å². The Morgan fingerprint density at radius 1 is 1.39 bits per heavy atom. The van der Waals surface area contributed by atoms with E-state index in [2.05, 4.69) is 10.6 Å². The molecule has 4 nitrogen and oxygen atoms in total. The molecule has 0 bridgehead atoms. The second-order valence-corrected chi connectivity index (χ2v) is 4.62. The van der Waals surface area contributed by atoms with E-state index in [1.165, 1.54) is 12.1 Å². The fourth-order valence-electron chi connectivity index (χ4n) is 1.44. The maximum absolute atomic E-state index is 13.0. The van der Waals surface area contributed by atoms with Gasteiger partial charge >= 0.3 is 0 Å². The van der Waals surface area contributed by atoms with E-state index in [9.17, 15) is 14.3 Å². The summed E-state index contributed by atoms with van der Waals surface area (Å²) in [6.45, 7) is 5.18. The SMILES string of the molecule is CC(C)CNC(=O)CNCc1cc(O)cc(F)c1. The van der Waals surface area contributed by atoms with Gasteiger partial charge in [-0.05, 0) is 23.6 Å². The molecule has 1 aromatic rings. The van der Waals surface area contributed by atoms with E-state index < -0.39 is 5.82 Å². The standard InChI is InChI=1S/C13H19FN2O2/c1-9(2)6-16-13(18)8-15-7-10-3-11(14)5-12(17)4-10/h3-5,9,15,17H,6-8H2,1-2H3,(H,16,18). The van der Waals surface area contributed by atoms with Crippen molar-refractivity contribution in [2.45, 2.75) is 20.4 Å². The molecule has 0 atom stereocenters. The molecule has 18 heavy (non-hydrogen) atoms. The molecule has 0 aliphatic rings. The summed E-state index contributed by atoms with van der Waals surface area (Å²) in [5, 5.41) is 14.9. The number of nitrogens with one attached hydrogen (secondary N) is 2. The van der Waals surface area contributed by atoms with Crippen molar-refractivity contribution in [3.05, 3.63) is 29.6 Å². The third-order valence-electron chi connectivity index (χ3n) is 2.26. The zero-order chi connectivity index (χ0) is 13.5. The zero-order valence-electron chi connectivity index (χ0n) is 10.7. The molecule has 0 radical (unpaired) electrons. The summed E-state index contributed by atoms with van der Waals surface area (Å²) >= 11 is 0. The molecule has 3 N–H and O–H groups in total. The highest BCUT2D eigenvalue weighted by Crippen LogP contribution is 2.14. The lowest BCUT2D eigenvalue weighted by Gasteiger charge is -2.08. The van der Waals surface area contributed by atoms with Crippen molar-refractivity contribution in [3.63, 3.8) is 0 Å². The Bertz CT molecular complexity index is 388. The predicted molar refractivity (Wildman–Crippen MR) is 67.6 cm³/mol. The summed E-state index contributed by atoms with van der Waals surface area (Å²) in [6.07, 6.45) is 0. The van der Waals surface area contributed by atoms with E-state index in [1.807, 2.05) is 13.8 Å². The maximum Gasteiger partial charge on any atom is 0.233 e. The van der Waals surface area contributed by atoms with E-state index >= 15 is 0 Å². The van der Waals surface area contributed by atoms with Crippen molar-refractivity contribution in [3.8, 4) is 5.75 Å². The largest absolute Gasteiger partial charge is 0.508 e. The highest BCUT2D eigenvalue weighted by molar-refractivity contribution is 5.77. The molecular weight excluding hydrogens is 235 g/mol. The number of hydrogen-bond acceptors (Lipinski definition) is 3. The molecule has 0 aliphatic carbocycles. The van der Waals surface area contributed by atoms with Gasteiger partial charge in [0.05, 0.1) is 6.54 Å². The van der Waals surface area contributed by atoms with Crippen LogP contribution in [0.15, 0.2) is 18.2 Å². The highest BCUT2D eigenvalue weighted by atomic mass is 19.1. The number of phenols is 1. The number of hydrogen-bond donors (Lipinski definition) is 3. The third-order valence-corrected chi connectivity index (χ3v) is 2.26. The number of carbonyl (C=O) groups excluding carboxylic acids is 1. The Balaban J connectivity index is 2.30. The fraction of sp³-hybridized carbons (Fsp3) is 0.462. The normalized spacial score (nSPS) is 10.7. The van der Waals surface area contributed by atoms with Crippen LogP contribution in [-0.4, -0.2) is 24.1 Å². The van der Waals surface area contributed by atoms with Crippen molar-refractivity contribution < 1.29 is 14.3 Å². The van der Waals surface area contributed by atoms with Crippen LogP contribution in [0.2, 0.25) is 0 Å². The van der Waals surface area contributed by atoms with Gasteiger partial charge in [-0.1, -0.05) is 13.8 Å². The Hall–Kier alpha value is -1.62. The van der Waals surface area contributed by atoms with Crippen molar-refractivity contribution in [2.75, 3.05) is 13.1 Å². The van der Waals surface area contributed by atoms with Crippen LogP contribution in [0.4, 0.5) is 4.39 Å². The third kappa shape index (κ3) is 5.63. The van der Waals surface area contributed by atoms with Gasteiger partial charge in [0.1, 0.15) is 11.6 Å². The number of carbonyl (C=O) groups is 1. The molecule has 5 heteroatoms. The summed E-state index contributed by atoms with van der Waals surface area (Å²) in [4.78, 5) is 11.4. The van der Waals surface area contributed by atoms with E-state index in [-0.39, 0.29) is 18.2 Å². The second-order valence-electron chi connectivity index (χ2n) is 4.62. The van der Waals surface area contributed by atoms with Gasteiger partial charge in [0.2, 0.25) is 5.91 Å². The van der Waals surface area contributed by atoms with Crippen LogP contribution >= 0.6 is 0 Å². The first kappa shape index (κ1) is 14.4. The number of aromatic hydroxyl groups is 1. The van der Waals surface area contributed by atoms with Crippen LogP contribution in [0.1, 0.15) is 19.4 Å². The van der Waals surface area contributed by atoms with Gasteiger partial charge in [-0.15, -0.1) is 0 Å². The second kappa shape index (κ2) is 6.96. The lowest BCUT2D eigenvalue weighted by molar-refractivity contribution is -0.120. The summed E-state index contributed by atoms with van der Waals surface area (Å²) < 4.78 is 13.0. The zero-order valence-corrected chi connectivity index (χ0v) is 10.7. The highest BCUT2D eigenvalue weighted by Gasteiger charge is 2.03. The summed E-state index contributed by atoms with van der Waals surface area (Å²) in [7, 11) is 0. The van der Waals surface area contributed by atoms with Crippen LogP contribution in [0, 0.1) is 11.7 Å². The molecule has 0 unspecified atom stereocenters. The number of phenolic OH excluding ortho intramolecular Hbond substituents is 1. The number of amides is 1. The summed E-state index contributed by atoms with van der Waals surface area (Å²) in [5.74, 6) is -0.287. The molecule has 0 saturated heterocycles. The van der Waals surface area contributed by atoms with Gasteiger partial charge in [-0.3, -0.25) is 4.79 Å². The van der Waals surface area contributed by atoms with Crippen LogP contribution < -0.4 is 10.6 Å². The predicted octanol–water partition coefficient (Wildman–Crippen LogP) is 1.39. The molecule has 0 aromatic heterocycles. The molecule has 1 amide bonds. The average Bonchev–Trinajstić information content (AvgIpc) is 2.25. The quantitative estimate of drug-likeness (QED) is 0.719. The van der Waals surface area contributed by atoms with Crippen LogP contribution in [-0.2, 0) is 11.3 Å². The summed E-state index contributed by atoms with van der Waals surface area (Å²) in [6, 6.07) is 3.82. The van der Waals surface area contributed by atoms with Crippen molar-refractivity contribution in [1.29, 1.82) is 0 Å². The molecule has 0 fully saturated rings. The van der Waals surface area contributed by atoms with Gasteiger partial charge in [0.25, 0.3) is 0 Å². The summed E-state index contributed by atoms with van der Waals surface area (Å²) in [5.41, 5.74) is 0.601. The van der Waals surface area contributed by atoms with E-state index in [1.54, 1.807) is 0 Å². The van der Waals surface area contributed by atoms with Gasteiger partial charge in [0, 0.05) is 19.2 Å². The molecule has 0 spiro atoms.